The van der Waals surface area contributed by atoms with Gasteiger partial charge >= 0.3 is 11.9 Å². The molecule has 12 heteroatoms. The second-order valence-electron chi connectivity index (χ2n) is 8.25. The van der Waals surface area contributed by atoms with E-state index in [1.165, 1.54) is 60.4 Å². The van der Waals surface area contributed by atoms with Gasteiger partial charge in [0.1, 0.15) is 5.76 Å². The molecule has 0 spiro atoms. The lowest BCUT2D eigenvalue weighted by Gasteiger charge is -2.22. The molecule has 2 aromatic heterocycles. The monoisotopic (exact) mass is 578 g/mol. The zero-order valence-corrected chi connectivity index (χ0v) is 22.7. The van der Waals surface area contributed by atoms with E-state index in [2.05, 4.69) is 15.2 Å². The number of thioether (sulfide) groups is 1. The predicted molar refractivity (Wildman–Crippen MR) is 148 cm³/mol. The Morgan fingerprint density at radius 2 is 1.77 bits per heavy atom. The van der Waals surface area contributed by atoms with Gasteiger partial charge in [-0.05, 0) is 41.5 Å². The van der Waals surface area contributed by atoms with Crippen LogP contribution in [0.3, 0.4) is 0 Å². The molecule has 2 aromatic carbocycles. The highest BCUT2D eigenvalue weighted by atomic mass is 35.5. The average Bonchev–Trinajstić information content (AvgIpc) is 3.54. The summed E-state index contributed by atoms with van der Waals surface area (Å²) in [5.74, 6) is -2.07. The van der Waals surface area contributed by atoms with Crippen molar-refractivity contribution >= 4 is 63.3 Å². The van der Waals surface area contributed by atoms with E-state index in [9.17, 15) is 19.5 Å². The molecule has 196 valence electrons. The Labute approximate surface area is 236 Å². The quantitative estimate of drug-likeness (QED) is 0.0778. The van der Waals surface area contributed by atoms with Crippen LogP contribution in [-0.4, -0.2) is 45.1 Å². The Balaban J connectivity index is 1.54. The summed E-state index contributed by atoms with van der Waals surface area (Å²) in [6, 6.07) is 15.8. The summed E-state index contributed by atoms with van der Waals surface area (Å²) in [6.45, 7) is 0. The Hall–Kier alpha value is -4.06. The number of Topliss-reactive ketones (excluding diaryl/α,β-unsaturated/α-hetero) is 1. The van der Waals surface area contributed by atoms with E-state index in [4.69, 9.17) is 16.3 Å². The summed E-state index contributed by atoms with van der Waals surface area (Å²) in [5, 5.41) is 20.4. The molecule has 5 rings (SSSR count). The molecule has 1 saturated heterocycles. The van der Waals surface area contributed by atoms with Gasteiger partial charge in [0.05, 0.1) is 24.3 Å². The third kappa shape index (κ3) is 5.29. The van der Waals surface area contributed by atoms with Gasteiger partial charge in [0.25, 0.3) is 5.78 Å². The largest absolute Gasteiger partial charge is 0.507 e. The van der Waals surface area contributed by atoms with Crippen molar-refractivity contribution in [3.8, 4) is 0 Å². The molecule has 1 N–H and O–H groups in total. The summed E-state index contributed by atoms with van der Waals surface area (Å²) in [5.41, 5.74) is 1.91. The van der Waals surface area contributed by atoms with Crippen LogP contribution in [0, 0.1) is 0 Å². The number of carbonyl (C=O) groups excluding carboxylic acids is 3. The van der Waals surface area contributed by atoms with Crippen LogP contribution in [0.4, 0.5) is 5.13 Å². The van der Waals surface area contributed by atoms with E-state index >= 15 is 0 Å². The second-order valence-corrected chi connectivity index (χ2v) is 10.8. The van der Waals surface area contributed by atoms with Crippen molar-refractivity contribution in [2.75, 3.05) is 12.0 Å². The number of methoxy groups -OCH3 is 1. The summed E-state index contributed by atoms with van der Waals surface area (Å²) in [7, 11) is 1.27. The molecule has 39 heavy (non-hydrogen) atoms. The van der Waals surface area contributed by atoms with E-state index in [0.29, 0.717) is 31.8 Å². The number of esters is 1. The van der Waals surface area contributed by atoms with Crippen LogP contribution >= 0.6 is 34.7 Å². The fourth-order valence-corrected chi connectivity index (χ4v) is 6.20. The minimum Gasteiger partial charge on any atom is -0.507 e. The third-order valence-electron chi connectivity index (χ3n) is 5.96. The molecule has 1 fully saturated rings. The number of aliphatic hydroxyl groups excluding tert-OH is 1. The molecular weight excluding hydrogens is 560 g/mol. The standard InChI is InChI=1S/C27H19ClN4O5S2/c1-37-25(36)17-8-6-15(7-9-17)21-20(22(33)16-10-12-29-13-11-16)23(34)24(35)32(21)26-30-31-27(39-26)38-14-18-4-2-3-5-19(18)28/h2-13,21,33H,14H2,1H3/b22-20+. The topological polar surface area (TPSA) is 123 Å². The highest BCUT2D eigenvalue weighted by molar-refractivity contribution is 8.00. The summed E-state index contributed by atoms with van der Waals surface area (Å²) >= 11 is 8.80. The van der Waals surface area contributed by atoms with Crippen LogP contribution in [0.15, 0.2) is 83.0 Å². The average molecular weight is 579 g/mol. The number of hydrogen-bond donors (Lipinski definition) is 1. The molecule has 9 nitrogen and oxygen atoms in total. The fourth-order valence-electron chi connectivity index (χ4n) is 4.04. The number of anilines is 1. The van der Waals surface area contributed by atoms with Gasteiger partial charge in [-0.25, -0.2) is 4.79 Å². The Kier molecular flexibility index (Phi) is 7.73. The number of pyridine rings is 1. The van der Waals surface area contributed by atoms with E-state index in [1.807, 2.05) is 18.2 Å². The Morgan fingerprint density at radius 1 is 1.05 bits per heavy atom. The van der Waals surface area contributed by atoms with E-state index in [1.54, 1.807) is 18.2 Å². The summed E-state index contributed by atoms with van der Waals surface area (Å²) in [4.78, 5) is 43.8. The van der Waals surface area contributed by atoms with Gasteiger partial charge in [-0.2, -0.15) is 0 Å². The SMILES string of the molecule is COC(=O)c1ccc(C2/C(=C(\O)c3ccncc3)C(=O)C(=O)N2c2nnc(SCc3ccccc3Cl)s2)cc1. The van der Waals surface area contributed by atoms with Crippen LogP contribution in [0.1, 0.15) is 33.1 Å². The molecule has 1 atom stereocenters. The predicted octanol–water partition coefficient (Wildman–Crippen LogP) is 5.29. The van der Waals surface area contributed by atoms with Crippen molar-refractivity contribution in [3.05, 3.63) is 106 Å². The molecule has 1 amide bonds. The van der Waals surface area contributed by atoms with E-state index in [0.717, 1.165) is 16.9 Å². The summed E-state index contributed by atoms with van der Waals surface area (Å²) < 4.78 is 5.34. The highest BCUT2D eigenvalue weighted by Gasteiger charge is 2.48. The van der Waals surface area contributed by atoms with Crippen LogP contribution in [0.5, 0.6) is 0 Å². The minimum absolute atomic E-state index is 0.113. The van der Waals surface area contributed by atoms with Crippen molar-refractivity contribution in [1.29, 1.82) is 0 Å². The summed E-state index contributed by atoms with van der Waals surface area (Å²) in [6.07, 6.45) is 2.94. The molecule has 0 aliphatic carbocycles. The molecule has 0 radical (unpaired) electrons. The van der Waals surface area contributed by atoms with Gasteiger partial charge in [-0.3, -0.25) is 19.5 Å². The molecule has 0 bridgehead atoms. The van der Waals surface area contributed by atoms with Crippen LogP contribution in [0.25, 0.3) is 5.76 Å². The van der Waals surface area contributed by atoms with Crippen molar-refractivity contribution in [2.45, 2.75) is 16.1 Å². The zero-order chi connectivity index (χ0) is 27.5. The van der Waals surface area contributed by atoms with Crippen LogP contribution in [-0.2, 0) is 20.1 Å². The maximum Gasteiger partial charge on any atom is 0.337 e. The van der Waals surface area contributed by atoms with Crippen molar-refractivity contribution in [2.24, 2.45) is 0 Å². The van der Waals surface area contributed by atoms with Gasteiger partial charge in [0.2, 0.25) is 5.13 Å². The van der Waals surface area contributed by atoms with Gasteiger partial charge in [0, 0.05) is 28.7 Å². The molecule has 1 aliphatic heterocycles. The van der Waals surface area contributed by atoms with Crippen LogP contribution < -0.4 is 4.90 Å². The highest BCUT2D eigenvalue weighted by Crippen LogP contribution is 2.44. The lowest BCUT2D eigenvalue weighted by molar-refractivity contribution is -0.132. The number of benzene rings is 2. The number of ether oxygens (including phenoxy) is 1. The lowest BCUT2D eigenvalue weighted by atomic mass is 9.95. The minimum atomic E-state index is -1.01. The van der Waals surface area contributed by atoms with Crippen molar-refractivity contribution < 1.29 is 24.2 Å². The molecular formula is C27H19ClN4O5S2. The lowest BCUT2D eigenvalue weighted by Crippen LogP contribution is -2.29. The number of nitrogens with zero attached hydrogens (tertiary/aromatic N) is 4. The van der Waals surface area contributed by atoms with Crippen molar-refractivity contribution in [1.82, 2.24) is 15.2 Å². The van der Waals surface area contributed by atoms with E-state index in [-0.39, 0.29) is 16.5 Å². The van der Waals surface area contributed by atoms with Gasteiger partial charge in [0.15, 0.2) is 4.34 Å². The maximum atomic E-state index is 13.3. The fraction of sp³-hybridized carbons (Fsp3) is 0.111. The van der Waals surface area contributed by atoms with Gasteiger partial charge in [-0.15, -0.1) is 10.2 Å². The van der Waals surface area contributed by atoms with Gasteiger partial charge in [-0.1, -0.05) is 65.0 Å². The second kappa shape index (κ2) is 11.4. The van der Waals surface area contributed by atoms with E-state index < -0.39 is 23.7 Å². The molecule has 1 aliphatic rings. The molecule has 4 aromatic rings. The first-order chi connectivity index (χ1) is 18.9. The number of hydrogen-bond acceptors (Lipinski definition) is 10. The zero-order valence-electron chi connectivity index (χ0n) is 20.3. The first-order valence-electron chi connectivity index (χ1n) is 11.5. The number of carbonyl (C=O) groups is 3. The number of ketones is 1. The third-order valence-corrected chi connectivity index (χ3v) is 8.43. The Bertz CT molecular complexity index is 1590. The molecule has 3 heterocycles. The number of rotatable bonds is 7. The smallest absolute Gasteiger partial charge is 0.337 e. The number of amides is 1. The van der Waals surface area contributed by atoms with Gasteiger partial charge < -0.3 is 9.84 Å². The number of aromatic nitrogens is 3. The van der Waals surface area contributed by atoms with Crippen molar-refractivity contribution in [3.63, 3.8) is 0 Å². The molecule has 1 unspecified atom stereocenters. The number of aliphatic hydroxyl groups is 1. The van der Waals surface area contributed by atoms with Crippen LogP contribution in [0.2, 0.25) is 5.02 Å². The first-order valence-corrected chi connectivity index (χ1v) is 13.7. The first kappa shape index (κ1) is 26.5. The maximum absolute atomic E-state index is 13.3. The normalized spacial score (nSPS) is 16.5. The Morgan fingerprint density at radius 3 is 2.46 bits per heavy atom. The molecule has 0 saturated carbocycles. The number of halogens is 1.